The normalized spacial score (nSPS) is 35.4. The summed E-state index contributed by atoms with van der Waals surface area (Å²) in [6.45, 7) is 0. The Morgan fingerprint density at radius 1 is 1.09 bits per heavy atom. The highest BCUT2D eigenvalue weighted by atomic mass is 32.2. The highest BCUT2D eigenvalue weighted by Gasteiger charge is 2.54. The van der Waals surface area contributed by atoms with E-state index in [1.54, 1.807) is 24.4 Å². The summed E-state index contributed by atoms with van der Waals surface area (Å²) < 4.78 is 24.9. The van der Waals surface area contributed by atoms with E-state index in [0.717, 1.165) is 19.3 Å². The fraction of sp³-hybridized carbons (Fsp3) is 0.667. The van der Waals surface area contributed by atoms with E-state index < -0.39 is 9.84 Å². The molecule has 4 fully saturated rings. The molecule has 4 bridgehead atoms. The number of hydrogen-bond donors (Lipinski definition) is 0. The van der Waals surface area contributed by atoms with Crippen molar-refractivity contribution in [2.45, 2.75) is 44.3 Å². The molecule has 0 radical (unpaired) electrons. The van der Waals surface area contributed by atoms with Gasteiger partial charge in [-0.05, 0) is 68.4 Å². The first-order valence-electron chi connectivity index (χ1n) is 8.58. The molecule has 5 heteroatoms. The van der Waals surface area contributed by atoms with Gasteiger partial charge in [0.1, 0.15) is 5.75 Å². The highest BCUT2D eigenvalue weighted by Crippen LogP contribution is 2.60. The van der Waals surface area contributed by atoms with E-state index in [2.05, 4.69) is 4.98 Å². The van der Waals surface area contributed by atoms with Crippen LogP contribution < -0.4 is 0 Å². The number of nitrogens with zero attached hydrogens (tertiary/aromatic N) is 1. The minimum atomic E-state index is -3.44. The van der Waals surface area contributed by atoms with Crippen molar-refractivity contribution in [1.82, 2.24) is 4.98 Å². The summed E-state index contributed by atoms with van der Waals surface area (Å²) >= 11 is 0. The Hall–Kier alpha value is -1.23. The lowest BCUT2D eigenvalue weighted by Gasteiger charge is -2.55. The molecule has 124 valence electrons. The number of sulfone groups is 1. The fourth-order valence-electron chi connectivity index (χ4n) is 5.56. The van der Waals surface area contributed by atoms with E-state index in [-0.39, 0.29) is 22.7 Å². The molecule has 4 aliphatic rings. The zero-order valence-electron chi connectivity index (χ0n) is 13.3. The molecular formula is C18H23NO3S. The van der Waals surface area contributed by atoms with Crippen molar-refractivity contribution in [3.63, 3.8) is 0 Å². The second-order valence-electron chi connectivity index (χ2n) is 7.97. The average molecular weight is 333 g/mol. The smallest absolute Gasteiger partial charge is 0.163 e. The fourth-order valence-corrected chi connectivity index (χ4v) is 6.99. The van der Waals surface area contributed by atoms with Crippen LogP contribution in [-0.2, 0) is 20.4 Å². The van der Waals surface area contributed by atoms with Gasteiger partial charge in [0.15, 0.2) is 15.6 Å². The van der Waals surface area contributed by atoms with E-state index in [1.807, 2.05) is 0 Å². The molecule has 23 heavy (non-hydrogen) atoms. The van der Waals surface area contributed by atoms with Crippen molar-refractivity contribution in [2.75, 3.05) is 5.75 Å². The van der Waals surface area contributed by atoms with Gasteiger partial charge in [-0.2, -0.15) is 0 Å². The molecule has 1 aromatic rings. The van der Waals surface area contributed by atoms with Crippen LogP contribution in [0.25, 0.3) is 0 Å². The summed E-state index contributed by atoms with van der Waals surface area (Å²) in [5.41, 5.74) is 0.192. The molecule has 5 rings (SSSR count). The van der Waals surface area contributed by atoms with Gasteiger partial charge < -0.3 is 0 Å². The number of carbonyl (C=O) groups is 1. The maximum absolute atomic E-state index is 12.9. The third-order valence-electron chi connectivity index (χ3n) is 6.07. The maximum atomic E-state index is 12.9. The second kappa shape index (κ2) is 5.40. The van der Waals surface area contributed by atoms with Gasteiger partial charge in [0.05, 0.1) is 11.4 Å². The molecule has 0 spiro atoms. The Morgan fingerprint density at radius 2 is 1.70 bits per heavy atom. The third kappa shape index (κ3) is 2.95. The number of ketones is 1. The summed E-state index contributed by atoms with van der Waals surface area (Å²) in [6.07, 6.45) is 8.14. The Bertz CT molecular complexity index is 676. The van der Waals surface area contributed by atoms with E-state index in [4.69, 9.17) is 0 Å². The van der Waals surface area contributed by atoms with Gasteiger partial charge in [0, 0.05) is 11.6 Å². The Morgan fingerprint density at radius 3 is 2.22 bits per heavy atom. The molecular weight excluding hydrogens is 310 g/mol. The molecule has 0 unspecified atom stereocenters. The highest BCUT2D eigenvalue weighted by molar-refractivity contribution is 7.91. The summed E-state index contributed by atoms with van der Waals surface area (Å²) in [7, 11) is -3.44. The lowest BCUT2D eigenvalue weighted by Crippen LogP contribution is -2.51. The summed E-state index contributed by atoms with van der Waals surface area (Å²) in [4.78, 5) is 17.0. The van der Waals surface area contributed by atoms with Gasteiger partial charge in [-0.1, -0.05) is 6.07 Å². The largest absolute Gasteiger partial charge is 0.298 e. The average Bonchev–Trinajstić information content (AvgIpc) is 2.45. The van der Waals surface area contributed by atoms with Crippen LogP contribution >= 0.6 is 0 Å². The number of hydrogen-bond acceptors (Lipinski definition) is 4. The van der Waals surface area contributed by atoms with Crippen LogP contribution in [0.4, 0.5) is 0 Å². The quantitative estimate of drug-likeness (QED) is 0.831. The summed E-state index contributed by atoms with van der Waals surface area (Å²) in [5, 5.41) is 0. The predicted octanol–water partition coefficient (Wildman–Crippen LogP) is 2.78. The van der Waals surface area contributed by atoms with Crippen LogP contribution in [-0.4, -0.2) is 24.9 Å². The van der Waals surface area contributed by atoms with Crippen LogP contribution in [0, 0.1) is 23.2 Å². The van der Waals surface area contributed by atoms with Gasteiger partial charge in [-0.25, -0.2) is 8.42 Å². The molecule has 0 N–H and O–H groups in total. The number of carbonyl (C=O) groups excluding carboxylic acids is 1. The van der Waals surface area contributed by atoms with Gasteiger partial charge in [0.25, 0.3) is 0 Å². The van der Waals surface area contributed by atoms with Crippen molar-refractivity contribution in [3.8, 4) is 0 Å². The first-order valence-corrected chi connectivity index (χ1v) is 10.4. The molecule has 0 saturated heterocycles. The predicted molar refractivity (Wildman–Crippen MR) is 87.3 cm³/mol. The van der Waals surface area contributed by atoms with Crippen LogP contribution in [0.1, 0.15) is 44.2 Å². The molecule has 4 nitrogen and oxygen atoms in total. The Labute approximate surface area is 137 Å². The second-order valence-corrected chi connectivity index (χ2v) is 10.0. The first kappa shape index (κ1) is 15.3. The van der Waals surface area contributed by atoms with E-state index in [0.29, 0.717) is 23.4 Å². The monoisotopic (exact) mass is 333 g/mol. The molecule has 4 saturated carbocycles. The minimum Gasteiger partial charge on any atom is -0.298 e. The molecule has 0 amide bonds. The number of pyridine rings is 1. The van der Waals surface area contributed by atoms with Crippen LogP contribution in [0.2, 0.25) is 0 Å². The van der Waals surface area contributed by atoms with E-state index in [9.17, 15) is 13.2 Å². The van der Waals surface area contributed by atoms with Crippen molar-refractivity contribution in [1.29, 1.82) is 0 Å². The lowest BCUT2D eigenvalue weighted by atomic mass is 9.48. The number of Topliss-reactive ketones (excluding diaryl/α,β-unsaturated/α-hetero) is 1. The van der Waals surface area contributed by atoms with Gasteiger partial charge in [-0.3, -0.25) is 9.78 Å². The van der Waals surface area contributed by atoms with Gasteiger partial charge >= 0.3 is 0 Å². The molecule has 4 aliphatic carbocycles. The van der Waals surface area contributed by atoms with Crippen molar-refractivity contribution in [3.05, 3.63) is 30.1 Å². The molecule has 1 aromatic heterocycles. The van der Waals surface area contributed by atoms with Crippen molar-refractivity contribution < 1.29 is 13.2 Å². The lowest BCUT2D eigenvalue weighted by molar-refractivity contribution is -0.141. The SMILES string of the molecule is O=C(CS(=O)(=O)Cc1ccccn1)C12CC3CC(CC(C3)C1)C2. The zero-order valence-corrected chi connectivity index (χ0v) is 14.1. The molecule has 0 aromatic carbocycles. The van der Waals surface area contributed by atoms with Crippen LogP contribution in [0.5, 0.6) is 0 Å². The standard InChI is InChI=1S/C18H23NO3S/c20-17(12-23(21,22)11-16-3-1-2-4-19-16)18-8-13-5-14(9-18)7-15(6-13)10-18/h1-4,13-15H,5-12H2. The van der Waals surface area contributed by atoms with Crippen LogP contribution in [0.15, 0.2) is 24.4 Å². The zero-order chi connectivity index (χ0) is 16.1. The van der Waals surface area contributed by atoms with Crippen molar-refractivity contribution >= 4 is 15.6 Å². The summed E-state index contributed by atoms with van der Waals surface area (Å²) in [5.74, 6) is 1.51. The van der Waals surface area contributed by atoms with Crippen LogP contribution in [0.3, 0.4) is 0 Å². The number of aromatic nitrogens is 1. The molecule has 0 atom stereocenters. The maximum Gasteiger partial charge on any atom is 0.163 e. The Balaban J connectivity index is 1.49. The number of rotatable bonds is 5. The minimum absolute atomic E-state index is 0.0208. The van der Waals surface area contributed by atoms with Gasteiger partial charge in [-0.15, -0.1) is 0 Å². The third-order valence-corrected chi connectivity index (χ3v) is 7.51. The first-order chi connectivity index (χ1) is 10.9. The van der Waals surface area contributed by atoms with E-state index >= 15 is 0 Å². The molecule has 1 heterocycles. The van der Waals surface area contributed by atoms with Crippen molar-refractivity contribution in [2.24, 2.45) is 23.2 Å². The van der Waals surface area contributed by atoms with E-state index in [1.165, 1.54) is 19.3 Å². The topological polar surface area (TPSA) is 64.1 Å². The Kier molecular flexibility index (Phi) is 3.59. The molecule has 0 aliphatic heterocycles. The summed E-state index contributed by atoms with van der Waals surface area (Å²) in [6, 6.07) is 5.24. The van der Waals surface area contributed by atoms with Gasteiger partial charge in [0.2, 0.25) is 0 Å².